The van der Waals surface area contributed by atoms with Gasteiger partial charge in [0.15, 0.2) is 0 Å². The molecule has 1 saturated carbocycles. The molecule has 0 aromatic heterocycles. The highest BCUT2D eigenvalue weighted by Gasteiger charge is 2.29. The van der Waals surface area contributed by atoms with Gasteiger partial charge < -0.3 is 15.0 Å². The fourth-order valence-corrected chi connectivity index (χ4v) is 3.32. The van der Waals surface area contributed by atoms with Crippen molar-refractivity contribution in [1.82, 2.24) is 5.32 Å². The predicted octanol–water partition coefficient (Wildman–Crippen LogP) is 3.60. The van der Waals surface area contributed by atoms with E-state index >= 15 is 0 Å². The van der Waals surface area contributed by atoms with Crippen LogP contribution < -0.4 is 10.2 Å². The van der Waals surface area contributed by atoms with Gasteiger partial charge in [0, 0.05) is 19.1 Å². The maximum absolute atomic E-state index is 6.55. The lowest BCUT2D eigenvalue weighted by Crippen LogP contribution is -2.49. The first-order valence-electron chi connectivity index (χ1n) is 8.08. The van der Waals surface area contributed by atoms with Gasteiger partial charge in [-0.2, -0.15) is 0 Å². The van der Waals surface area contributed by atoms with Crippen molar-refractivity contribution in [1.29, 1.82) is 0 Å². The van der Waals surface area contributed by atoms with Crippen LogP contribution in [0.5, 0.6) is 0 Å². The smallest absolute Gasteiger partial charge is 0.0723 e. The van der Waals surface area contributed by atoms with E-state index < -0.39 is 0 Å². The third-order valence-electron chi connectivity index (χ3n) is 4.46. The largest absolute Gasteiger partial charge is 0.375 e. The first-order chi connectivity index (χ1) is 10.2. The van der Waals surface area contributed by atoms with Gasteiger partial charge >= 0.3 is 0 Å². The van der Waals surface area contributed by atoms with Crippen LogP contribution >= 0.6 is 11.6 Å². The molecule has 1 N–H and O–H groups in total. The summed E-state index contributed by atoms with van der Waals surface area (Å²) in [7, 11) is 0. The lowest BCUT2D eigenvalue weighted by atomic mass is 10.1. The molecule has 3 rings (SSSR count). The lowest BCUT2D eigenvalue weighted by molar-refractivity contribution is 0.0299. The van der Waals surface area contributed by atoms with Gasteiger partial charge in [-0.25, -0.2) is 0 Å². The Hall–Kier alpha value is -0.770. The number of para-hydroxylation sites is 1. The molecule has 4 heteroatoms. The van der Waals surface area contributed by atoms with Crippen molar-refractivity contribution < 1.29 is 4.74 Å². The van der Waals surface area contributed by atoms with Crippen molar-refractivity contribution in [3.8, 4) is 0 Å². The second-order valence-electron chi connectivity index (χ2n) is 6.26. The van der Waals surface area contributed by atoms with Crippen molar-refractivity contribution in [2.75, 3.05) is 18.1 Å². The fourth-order valence-electron chi connectivity index (χ4n) is 3.02. The summed E-state index contributed by atoms with van der Waals surface area (Å²) in [4.78, 5) is 2.46. The highest BCUT2D eigenvalue weighted by Crippen LogP contribution is 2.34. The Morgan fingerprint density at radius 1 is 1.38 bits per heavy atom. The number of morpholine rings is 1. The van der Waals surface area contributed by atoms with Gasteiger partial charge in [0.05, 0.1) is 29.5 Å². The lowest BCUT2D eigenvalue weighted by Gasteiger charge is -2.41. The first kappa shape index (κ1) is 15.1. The van der Waals surface area contributed by atoms with Crippen molar-refractivity contribution in [2.45, 2.75) is 57.8 Å². The Morgan fingerprint density at radius 3 is 2.90 bits per heavy atom. The molecule has 1 aromatic rings. The number of nitrogens with one attached hydrogen (secondary N) is 1. The molecule has 2 unspecified atom stereocenters. The van der Waals surface area contributed by atoms with Crippen LogP contribution in [0.3, 0.4) is 0 Å². The van der Waals surface area contributed by atoms with Crippen LogP contribution in [0.15, 0.2) is 18.2 Å². The zero-order valence-corrected chi connectivity index (χ0v) is 13.7. The first-order valence-corrected chi connectivity index (χ1v) is 8.45. The molecule has 0 bridgehead atoms. The number of hydrogen-bond acceptors (Lipinski definition) is 3. The maximum atomic E-state index is 6.55. The van der Waals surface area contributed by atoms with Crippen LogP contribution in [-0.2, 0) is 11.3 Å². The third kappa shape index (κ3) is 3.53. The van der Waals surface area contributed by atoms with Crippen LogP contribution in [0.4, 0.5) is 5.69 Å². The molecule has 2 aliphatic rings. The van der Waals surface area contributed by atoms with E-state index in [9.17, 15) is 0 Å². The summed E-state index contributed by atoms with van der Waals surface area (Å²) >= 11 is 6.55. The van der Waals surface area contributed by atoms with E-state index in [2.05, 4.69) is 36.2 Å². The number of anilines is 1. The van der Waals surface area contributed by atoms with Gasteiger partial charge in [-0.05, 0) is 37.8 Å². The van der Waals surface area contributed by atoms with E-state index in [1.807, 2.05) is 6.07 Å². The summed E-state index contributed by atoms with van der Waals surface area (Å²) in [6.07, 6.45) is 3.95. The third-order valence-corrected chi connectivity index (χ3v) is 4.76. The topological polar surface area (TPSA) is 24.5 Å². The fraction of sp³-hybridized carbons (Fsp3) is 0.647. The Labute approximate surface area is 132 Å². The summed E-state index contributed by atoms with van der Waals surface area (Å²) in [6.45, 7) is 6.97. The zero-order valence-electron chi connectivity index (χ0n) is 12.9. The number of benzene rings is 1. The molecule has 1 heterocycles. The van der Waals surface area contributed by atoms with Crippen LogP contribution in [0.2, 0.25) is 5.02 Å². The van der Waals surface area contributed by atoms with Crippen molar-refractivity contribution in [2.24, 2.45) is 0 Å². The molecule has 2 atom stereocenters. The minimum absolute atomic E-state index is 0.258. The minimum atomic E-state index is 0.258. The Morgan fingerprint density at radius 2 is 2.19 bits per heavy atom. The summed E-state index contributed by atoms with van der Waals surface area (Å²) in [5, 5.41) is 4.47. The Kier molecular flexibility index (Phi) is 4.72. The molecule has 116 valence electrons. The molecule has 3 nitrogen and oxygen atoms in total. The predicted molar refractivity (Wildman–Crippen MR) is 88.2 cm³/mol. The van der Waals surface area contributed by atoms with E-state index in [1.54, 1.807) is 0 Å². The highest BCUT2D eigenvalue weighted by atomic mass is 35.5. The Bertz CT molecular complexity index is 490. The highest BCUT2D eigenvalue weighted by molar-refractivity contribution is 6.33. The molecule has 0 spiro atoms. The van der Waals surface area contributed by atoms with Crippen LogP contribution in [0.1, 0.15) is 38.7 Å². The number of halogens is 1. The van der Waals surface area contributed by atoms with Gasteiger partial charge in [-0.15, -0.1) is 0 Å². The summed E-state index contributed by atoms with van der Waals surface area (Å²) in [5.41, 5.74) is 2.51. The summed E-state index contributed by atoms with van der Waals surface area (Å²) < 4.78 is 5.82. The van der Waals surface area contributed by atoms with E-state index in [-0.39, 0.29) is 6.10 Å². The molecule has 0 radical (unpaired) electrons. The molecule has 0 amide bonds. The molecular weight excluding hydrogens is 284 g/mol. The van der Waals surface area contributed by atoms with Gasteiger partial charge in [0.1, 0.15) is 0 Å². The number of rotatable bonds is 5. The molecule has 2 fully saturated rings. The van der Waals surface area contributed by atoms with E-state index in [0.717, 1.165) is 31.1 Å². The van der Waals surface area contributed by atoms with Crippen LogP contribution in [0.25, 0.3) is 0 Å². The minimum Gasteiger partial charge on any atom is -0.375 e. The van der Waals surface area contributed by atoms with Gasteiger partial charge in [-0.1, -0.05) is 30.7 Å². The molecule has 1 aliphatic heterocycles. The van der Waals surface area contributed by atoms with E-state index in [4.69, 9.17) is 16.3 Å². The van der Waals surface area contributed by atoms with Gasteiger partial charge in [0.2, 0.25) is 0 Å². The molecule has 1 aromatic carbocycles. The number of hydrogen-bond donors (Lipinski definition) is 1. The van der Waals surface area contributed by atoms with Crippen molar-refractivity contribution in [3.63, 3.8) is 0 Å². The second-order valence-corrected chi connectivity index (χ2v) is 6.67. The molecule has 1 saturated heterocycles. The number of nitrogens with zero attached hydrogens (tertiary/aromatic N) is 1. The average Bonchev–Trinajstić information content (AvgIpc) is 3.29. The van der Waals surface area contributed by atoms with Gasteiger partial charge in [0.25, 0.3) is 0 Å². The average molecular weight is 309 g/mol. The van der Waals surface area contributed by atoms with Crippen molar-refractivity contribution in [3.05, 3.63) is 28.8 Å². The quantitative estimate of drug-likeness (QED) is 0.899. The van der Waals surface area contributed by atoms with E-state index in [1.165, 1.54) is 24.1 Å². The monoisotopic (exact) mass is 308 g/mol. The summed E-state index contributed by atoms with van der Waals surface area (Å²) in [5.74, 6) is 0. The number of ether oxygens (including phenoxy) is 1. The SMILES string of the molecule is CCC1COC(C)CN1c1c(Cl)cccc1CNC1CC1. The molecule has 21 heavy (non-hydrogen) atoms. The van der Waals surface area contributed by atoms with Crippen LogP contribution in [-0.4, -0.2) is 31.3 Å². The zero-order chi connectivity index (χ0) is 14.8. The van der Waals surface area contributed by atoms with Crippen LogP contribution in [0, 0.1) is 0 Å². The normalized spacial score (nSPS) is 26.1. The van der Waals surface area contributed by atoms with E-state index in [0.29, 0.717) is 12.1 Å². The maximum Gasteiger partial charge on any atom is 0.0723 e. The molecular formula is C17H25ClN2O. The Balaban J connectivity index is 1.86. The molecule has 1 aliphatic carbocycles. The summed E-state index contributed by atoms with van der Waals surface area (Å²) in [6, 6.07) is 7.39. The van der Waals surface area contributed by atoms with Crippen molar-refractivity contribution >= 4 is 17.3 Å². The second kappa shape index (κ2) is 6.55. The van der Waals surface area contributed by atoms with Gasteiger partial charge in [-0.3, -0.25) is 0 Å². The standard InChI is InChI=1S/C17H25ClN2O/c1-3-15-11-21-12(2)10-20(15)17-13(5-4-6-16(17)18)9-19-14-7-8-14/h4-6,12,14-15,19H,3,7-11H2,1-2H3.